The zero-order valence-corrected chi connectivity index (χ0v) is 14.2. The Bertz CT molecular complexity index is 422. The summed E-state index contributed by atoms with van der Waals surface area (Å²) in [5.41, 5.74) is 9.34. The molecule has 0 bridgehead atoms. The van der Waals surface area contributed by atoms with E-state index in [1.54, 1.807) is 0 Å². The van der Waals surface area contributed by atoms with E-state index in [4.69, 9.17) is 5.73 Å². The van der Waals surface area contributed by atoms with Crippen LogP contribution in [0.25, 0.3) is 0 Å². The predicted octanol–water partition coefficient (Wildman–Crippen LogP) is 4.32. The smallest absolute Gasteiger partial charge is 0.0499 e. The normalized spacial score (nSPS) is 24.5. The molecule has 2 atom stereocenters. The first-order valence-electron chi connectivity index (χ1n) is 8.58. The first-order chi connectivity index (χ1) is 9.99. The summed E-state index contributed by atoms with van der Waals surface area (Å²) in [6.07, 6.45) is 3.68. The van der Waals surface area contributed by atoms with Crippen molar-refractivity contribution in [2.45, 2.75) is 65.0 Å². The maximum atomic E-state index is 6.53. The molecule has 2 heteroatoms. The van der Waals surface area contributed by atoms with Gasteiger partial charge in [-0.2, -0.15) is 0 Å². The summed E-state index contributed by atoms with van der Waals surface area (Å²) in [5, 5.41) is 0. The maximum absolute atomic E-state index is 6.53. The van der Waals surface area contributed by atoms with Crippen molar-refractivity contribution in [3.8, 4) is 0 Å². The van der Waals surface area contributed by atoms with Crippen LogP contribution in [-0.2, 0) is 0 Å². The van der Waals surface area contributed by atoms with Crippen molar-refractivity contribution in [3.05, 3.63) is 35.4 Å². The van der Waals surface area contributed by atoms with E-state index in [1.807, 2.05) is 0 Å². The van der Waals surface area contributed by atoms with E-state index in [9.17, 15) is 0 Å². The van der Waals surface area contributed by atoms with Gasteiger partial charge < -0.3 is 5.73 Å². The van der Waals surface area contributed by atoms with Gasteiger partial charge >= 0.3 is 0 Å². The van der Waals surface area contributed by atoms with Crippen molar-refractivity contribution >= 4 is 0 Å². The van der Waals surface area contributed by atoms with Crippen molar-refractivity contribution in [2.75, 3.05) is 13.1 Å². The van der Waals surface area contributed by atoms with Gasteiger partial charge in [0, 0.05) is 18.6 Å². The standard InChI is InChI=1S/C19H32N2/c1-14(2)13-21-12-6-5-7-18(20)19(21)17-10-8-16(9-11-17)15(3)4/h8-11,14-15,18-19H,5-7,12-13,20H2,1-4H3. The highest BCUT2D eigenvalue weighted by Gasteiger charge is 2.29. The monoisotopic (exact) mass is 288 g/mol. The van der Waals surface area contributed by atoms with Crippen LogP contribution in [0.15, 0.2) is 24.3 Å². The van der Waals surface area contributed by atoms with Gasteiger partial charge in [-0.1, -0.05) is 58.4 Å². The van der Waals surface area contributed by atoms with Crippen molar-refractivity contribution in [3.63, 3.8) is 0 Å². The Balaban J connectivity index is 2.25. The molecular weight excluding hydrogens is 256 g/mol. The van der Waals surface area contributed by atoms with Crippen LogP contribution in [0.5, 0.6) is 0 Å². The molecule has 1 saturated heterocycles. The van der Waals surface area contributed by atoms with Gasteiger partial charge in [-0.05, 0) is 42.3 Å². The third-order valence-electron chi connectivity index (χ3n) is 4.58. The number of nitrogens with zero attached hydrogens (tertiary/aromatic N) is 1. The lowest BCUT2D eigenvalue weighted by molar-refractivity contribution is 0.165. The van der Waals surface area contributed by atoms with Crippen LogP contribution in [0.4, 0.5) is 0 Å². The Hall–Kier alpha value is -0.860. The molecule has 2 rings (SSSR count). The number of benzene rings is 1. The van der Waals surface area contributed by atoms with Gasteiger partial charge in [0.05, 0.1) is 0 Å². The summed E-state index contributed by atoms with van der Waals surface area (Å²) < 4.78 is 0. The fourth-order valence-electron chi connectivity index (χ4n) is 3.47. The molecule has 0 aromatic heterocycles. The van der Waals surface area contributed by atoms with Crippen LogP contribution in [0, 0.1) is 5.92 Å². The molecule has 1 heterocycles. The molecule has 2 unspecified atom stereocenters. The van der Waals surface area contributed by atoms with Crippen LogP contribution in [0.2, 0.25) is 0 Å². The van der Waals surface area contributed by atoms with E-state index < -0.39 is 0 Å². The van der Waals surface area contributed by atoms with Gasteiger partial charge in [0.2, 0.25) is 0 Å². The third kappa shape index (κ3) is 4.31. The van der Waals surface area contributed by atoms with Crippen LogP contribution >= 0.6 is 0 Å². The topological polar surface area (TPSA) is 29.3 Å². The van der Waals surface area contributed by atoms with Gasteiger partial charge in [0.1, 0.15) is 0 Å². The summed E-state index contributed by atoms with van der Waals surface area (Å²) in [5.74, 6) is 1.28. The second-order valence-electron chi connectivity index (χ2n) is 7.31. The maximum Gasteiger partial charge on any atom is 0.0499 e. The molecule has 118 valence electrons. The molecule has 1 aromatic rings. The van der Waals surface area contributed by atoms with Gasteiger partial charge in [-0.25, -0.2) is 0 Å². The molecule has 0 spiro atoms. The molecule has 2 nitrogen and oxygen atoms in total. The zero-order valence-electron chi connectivity index (χ0n) is 14.2. The first kappa shape index (κ1) is 16.5. The SMILES string of the molecule is CC(C)CN1CCCCC(N)C1c1ccc(C(C)C)cc1. The lowest BCUT2D eigenvalue weighted by Gasteiger charge is -2.35. The fraction of sp³-hybridized carbons (Fsp3) is 0.684. The second kappa shape index (κ2) is 7.42. The number of hydrogen-bond acceptors (Lipinski definition) is 2. The zero-order chi connectivity index (χ0) is 15.4. The second-order valence-corrected chi connectivity index (χ2v) is 7.31. The number of hydrogen-bond donors (Lipinski definition) is 1. The lowest BCUT2D eigenvalue weighted by atomic mass is 9.93. The molecule has 21 heavy (non-hydrogen) atoms. The van der Waals surface area contributed by atoms with E-state index in [1.165, 1.54) is 30.5 Å². The summed E-state index contributed by atoms with van der Waals surface area (Å²) in [6.45, 7) is 11.4. The molecule has 0 aliphatic carbocycles. The lowest BCUT2D eigenvalue weighted by Crippen LogP contribution is -2.41. The minimum atomic E-state index is 0.260. The largest absolute Gasteiger partial charge is 0.326 e. The Morgan fingerprint density at radius 2 is 1.76 bits per heavy atom. The molecule has 2 N–H and O–H groups in total. The summed E-state index contributed by atoms with van der Waals surface area (Å²) >= 11 is 0. The Morgan fingerprint density at radius 1 is 1.10 bits per heavy atom. The molecule has 1 aliphatic heterocycles. The van der Waals surface area contributed by atoms with E-state index in [0.717, 1.165) is 13.0 Å². The number of nitrogens with two attached hydrogens (primary N) is 1. The molecule has 1 aromatic carbocycles. The number of rotatable bonds is 4. The van der Waals surface area contributed by atoms with Crippen LogP contribution in [0.1, 0.15) is 70.0 Å². The summed E-state index contributed by atoms with van der Waals surface area (Å²) in [4.78, 5) is 2.62. The van der Waals surface area contributed by atoms with Crippen molar-refractivity contribution in [1.82, 2.24) is 4.90 Å². The van der Waals surface area contributed by atoms with Crippen LogP contribution < -0.4 is 5.73 Å². The summed E-state index contributed by atoms with van der Waals surface area (Å²) in [7, 11) is 0. The summed E-state index contributed by atoms with van der Waals surface area (Å²) in [6, 6.07) is 9.82. The van der Waals surface area contributed by atoms with Gasteiger partial charge in [-0.15, -0.1) is 0 Å². The van der Waals surface area contributed by atoms with Crippen molar-refractivity contribution < 1.29 is 0 Å². The Morgan fingerprint density at radius 3 is 2.33 bits per heavy atom. The van der Waals surface area contributed by atoms with E-state index in [0.29, 0.717) is 17.9 Å². The number of likely N-dealkylation sites (tertiary alicyclic amines) is 1. The Labute approximate surface area is 130 Å². The highest BCUT2D eigenvalue weighted by atomic mass is 15.2. The van der Waals surface area contributed by atoms with Crippen LogP contribution in [0.3, 0.4) is 0 Å². The minimum absolute atomic E-state index is 0.260. The minimum Gasteiger partial charge on any atom is -0.326 e. The average Bonchev–Trinajstić information content (AvgIpc) is 2.60. The van der Waals surface area contributed by atoms with Crippen LogP contribution in [-0.4, -0.2) is 24.0 Å². The average molecular weight is 288 g/mol. The van der Waals surface area contributed by atoms with Crippen molar-refractivity contribution in [1.29, 1.82) is 0 Å². The molecular formula is C19H32N2. The van der Waals surface area contributed by atoms with E-state index in [-0.39, 0.29) is 6.04 Å². The quantitative estimate of drug-likeness (QED) is 0.894. The van der Waals surface area contributed by atoms with E-state index in [2.05, 4.69) is 56.9 Å². The molecule has 1 aliphatic rings. The predicted molar refractivity (Wildman–Crippen MR) is 91.5 cm³/mol. The molecule has 0 amide bonds. The van der Waals surface area contributed by atoms with Crippen molar-refractivity contribution in [2.24, 2.45) is 11.7 Å². The first-order valence-corrected chi connectivity index (χ1v) is 8.58. The van der Waals surface area contributed by atoms with Gasteiger partial charge in [0.15, 0.2) is 0 Å². The fourth-order valence-corrected chi connectivity index (χ4v) is 3.47. The third-order valence-corrected chi connectivity index (χ3v) is 4.58. The van der Waals surface area contributed by atoms with E-state index >= 15 is 0 Å². The van der Waals surface area contributed by atoms with Gasteiger partial charge in [-0.3, -0.25) is 4.90 Å². The molecule has 1 fully saturated rings. The highest BCUT2D eigenvalue weighted by Crippen LogP contribution is 2.31. The van der Waals surface area contributed by atoms with Gasteiger partial charge in [0.25, 0.3) is 0 Å². The molecule has 0 saturated carbocycles. The Kier molecular flexibility index (Phi) is 5.83. The highest BCUT2D eigenvalue weighted by molar-refractivity contribution is 5.28. The molecule has 0 radical (unpaired) electrons.